The molecular weight excluding hydrogens is 236 g/mol. The summed E-state index contributed by atoms with van der Waals surface area (Å²) in [6, 6.07) is 0. The molecule has 0 aliphatic rings. The highest BCUT2D eigenvalue weighted by molar-refractivity contribution is 5.92. The van der Waals surface area contributed by atoms with Gasteiger partial charge in [-0.25, -0.2) is 9.97 Å². The first kappa shape index (κ1) is 14.3. The van der Waals surface area contributed by atoms with Gasteiger partial charge in [0, 0.05) is 27.2 Å². The molecule has 2 N–H and O–H groups in total. The van der Waals surface area contributed by atoms with E-state index in [0.717, 1.165) is 0 Å². The zero-order valence-electron chi connectivity index (χ0n) is 10.6. The normalized spacial score (nSPS) is 10.2. The molecule has 100 valence electrons. The van der Waals surface area contributed by atoms with Gasteiger partial charge in [0.2, 0.25) is 0 Å². The summed E-state index contributed by atoms with van der Waals surface area (Å²) in [5, 5.41) is 11.8. The molecule has 0 aliphatic carbocycles. The zero-order valence-corrected chi connectivity index (χ0v) is 10.6. The lowest BCUT2D eigenvalue weighted by Crippen LogP contribution is -2.36. The van der Waals surface area contributed by atoms with Gasteiger partial charge >= 0.3 is 0 Å². The van der Waals surface area contributed by atoms with Crippen LogP contribution in [0.3, 0.4) is 0 Å². The van der Waals surface area contributed by atoms with Crippen molar-refractivity contribution in [3.63, 3.8) is 0 Å². The number of ether oxygens (including phenoxy) is 1. The maximum absolute atomic E-state index is 12.1. The van der Waals surface area contributed by atoms with E-state index in [4.69, 9.17) is 9.84 Å². The number of hydrogen-bond acceptors (Lipinski definition) is 6. The standard InChI is InChI=1S/C11H18N4O3/c1-12-10-8-13-9(7-14-10)11(17)15(3-5-16)4-6-18-2/h7-8,16H,3-6H2,1-2H3,(H,12,14). The van der Waals surface area contributed by atoms with Crippen LogP contribution in [0.5, 0.6) is 0 Å². The summed E-state index contributed by atoms with van der Waals surface area (Å²) in [7, 11) is 3.28. The second kappa shape index (κ2) is 7.57. The molecule has 0 bridgehead atoms. The number of carbonyl (C=O) groups excluding carboxylic acids is 1. The molecule has 0 saturated carbocycles. The number of carbonyl (C=O) groups is 1. The van der Waals surface area contributed by atoms with Crippen LogP contribution in [0.15, 0.2) is 12.4 Å². The van der Waals surface area contributed by atoms with Crippen LogP contribution in [0.2, 0.25) is 0 Å². The molecule has 1 amide bonds. The van der Waals surface area contributed by atoms with E-state index in [-0.39, 0.29) is 24.8 Å². The average Bonchev–Trinajstić information content (AvgIpc) is 2.43. The van der Waals surface area contributed by atoms with E-state index >= 15 is 0 Å². The first-order chi connectivity index (χ1) is 8.72. The molecule has 0 radical (unpaired) electrons. The van der Waals surface area contributed by atoms with Crippen molar-refractivity contribution in [1.29, 1.82) is 0 Å². The van der Waals surface area contributed by atoms with Gasteiger partial charge in [-0.3, -0.25) is 4.79 Å². The molecule has 1 rings (SSSR count). The number of amides is 1. The maximum atomic E-state index is 12.1. The number of aromatic nitrogens is 2. The van der Waals surface area contributed by atoms with Crippen molar-refractivity contribution in [2.75, 3.05) is 45.8 Å². The number of rotatable bonds is 7. The fourth-order valence-corrected chi connectivity index (χ4v) is 1.37. The molecule has 18 heavy (non-hydrogen) atoms. The molecule has 7 nitrogen and oxygen atoms in total. The van der Waals surface area contributed by atoms with Crippen molar-refractivity contribution in [3.05, 3.63) is 18.1 Å². The molecule has 1 heterocycles. The highest BCUT2D eigenvalue weighted by Crippen LogP contribution is 2.03. The first-order valence-electron chi connectivity index (χ1n) is 5.61. The van der Waals surface area contributed by atoms with Gasteiger partial charge in [-0.15, -0.1) is 0 Å². The zero-order chi connectivity index (χ0) is 13.4. The molecule has 1 aromatic rings. The summed E-state index contributed by atoms with van der Waals surface area (Å²) in [5.74, 6) is 0.327. The van der Waals surface area contributed by atoms with Crippen molar-refractivity contribution >= 4 is 11.7 Å². The highest BCUT2D eigenvalue weighted by Gasteiger charge is 2.16. The Bertz CT molecular complexity index is 369. The quantitative estimate of drug-likeness (QED) is 0.688. The van der Waals surface area contributed by atoms with Crippen molar-refractivity contribution < 1.29 is 14.6 Å². The Hall–Kier alpha value is -1.73. The van der Waals surface area contributed by atoms with Crippen molar-refractivity contribution in [1.82, 2.24) is 14.9 Å². The number of nitrogens with one attached hydrogen (secondary N) is 1. The lowest BCUT2D eigenvalue weighted by atomic mass is 10.3. The minimum Gasteiger partial charge on any atom is -0.395 e. The largest absolute Gasteiger partial charge is 0.395 e. The molecule has 0 aromatic carbocycles. The monoisotopic (exact) mass is 254 g/mol. The Morgan fingerprint density at radius 3 is 2.72 bits per heavy atom. The highest BCUT2D eigenvalue weighted by atomic mass is 16.5. The Kier molecular flexibility index (Phi) is 6.03. The van der Waals surface area contributed by atoms with Gasteiger partial charge in [-0.05, 0) is 0 Å². The van der Waals surface area contributed by atoms with Crippen LogP contribution in [0.1, 0.15) is 10.5 Å². The summed E-state index contributed by atoms with van der Waals surface area (Å²) >= 11 is 0. The molecule has 0 atom stereocenters. The molecule has 1 aromatic heterocycles. The lowest BCUT2D eigenvalue weighted by Gasteiger charge is -2.20. The number of nitrogens with zero attached hydrogens (tertiary/aromatic N) is 3. The van der Waals surface area contributed by atoms with Crippen LogP contribution in [0.4, 0.5) is 5.82 Å². The van der Waals surface area contributed by atoms with Crippen molar-refractivity contribution in [2.24, 2.45) is 0 Å². The van der Waals surface area contributed by atoms with E-state index in [1.54, 1.807) is 14.2 Å². The van der Waals surface area contributed by atoms with E-state index in [1.165, 1.54) is 17.3 Å². The molecule has 0 spiro atoms. The van der Waals surface area contributed by atoms with Crippen molar-refractivity contribution in [2.45, 2.75) is 0 Å². The minimum absolute atomic E-state index is 0.0997. The molecular formula is C11H18N4O3. The predicted octanol–water partition coefficient (Wildman–Crippen LogP) is -0.401. The van der Waals surface area contributed by atoms with E-state index in [0.29, 0.717) is 19.0 Å². The number of anilines is 1. The fourth-order valence-electron chi connectivity index (χ4n) is 1.37. The lowest BCUT2D eigenvalue weighted by molar-refractivity contribution is 0.0650. The summed E-state index contributed by atoms with van der Waals surface area (Å²) in [6.45, 7) is 0.967. The molecule has 0 saturated heterocycles. The molecule has 0 fully saturated rings. The average molecular weight is 254 g/mol. The van der Waals surface area contributed by atoms with Gasteiger partial charge in [0.15, 0.2) is 0 Å². The SMILES string of the molecule is CNc1cnc(C(=O)N(CCO)CCOC)cn1. The van der Waals surface area contributed by atoms with Gasteiger partial charge in [0.05, 0.1) is 25.6 Å². The van der Waals surface area contributed by atoms with Gasteiger partial charge in [0.25, 0.3) is 5.91 Å². The third-order valence-electron chi connectivity index (χ3n) is 2.35. The second-order valence-electron chi connectivity index (χ2n) is 3.55. The minimum atomic E-state index is -0.267. The van der Waals surface area contributed by atoms with E-state index < -0.39 is 0 Å². The van der Waals surface area contributed by atoms with Gasteiger partial charge in [0.1, 0.15) is 11.5 Å². The van der Waals surface area contributed by atoms with Crippen LogP contribution in [0.25, 0.3) is 0 Å². The molecule has 0 aliphatic heterocycles. The van der Waals surface area contributed by atoms with Crippen LogP contribution in [-0.2, 0) is 4.74 Å². The van der Waals surface area contributed by atoms with Crippen LogP contribution < -0.4 is 5.32 Å². The van der Waals surface area contributed by atoms with Gasteiger partial charge in [-0.1, -0.05) is 0 Å². The third-order valence-corrected chi connectivity index (χ3v) is 2.35. The molecule has 0 unspecified atom stereocenters. The fraction of sp³-hybridized carbons (Fsp3) is 0.545. The van der Waals surface area contributed by atoms with Gasteiger partial charge in [-0.2, -0.15) is 0 Å². The van der Waals surface area contributed by atoms with Crippen LogP contribution >= 0.6 is 0 Å². The Balaban J connectivity index is 2.73. The third kappa shape index (κ3) is 3.94. The number of methoxy groups -OCH3 is 1. The number of hydrogen-bond donors (Lipinski definition) is 2. The summed E-state index contributed by atoms with van der Waals surface area (Å²) in [6.07, 6.45) is 2.89. The summed E-state index contributed by atoms with van der Waals surface area (Å²) in [5.41, 5.74) is 0.249. The second-order valence-corrected chi connectivity index (χ2v) is 3.55. The Morgan fingerprint density at radius 2 is 2.22 bits per heavy atom. The topological polar surface area (TPSA) is 87.6 Å². The van der Waals surface area contributed by atoms with E-state index in [9.17, 15) is 4.79 Å². The van der Waals surface area contributed by atoms with E-state index in [1.807, 2.05) is 0 Å². The number of aliphatic hydroxyl groups excluding tert-OH is 1. The first-order valence-corrected chi connectivity index (χ1v) is 5.61. The smallest absolute Gasteiger partial charge is 0.274 e. The predicted molar refractivity (Wildman–Crippen MR) is 66.4 cm³/mol. The molecule has 7 heteroatoms. The van der Waals surface area contributed by atoms with Crippen LogP contribution in [-0.4, -0.2) is 66.3 Å². The van der Waals surface area contributed by atoms with E-state index in [2.05, 4.69) is 15.3 Å². The Morgan fingerprint density at radius 1 is 1.44 bits per heavy atom. The number of aliphatic hydroxyl groups is 1. The summed E-state index contributed by atoms with van der Waals surface area (Å²) < 4.78 is 4.92. The van der Waals surface area contributed by atoms with Crippen LogP contribution in [0, 0.1) is 0 Å². The Labute approximate surface area is 106 Å². The maximum Gasteiger partial charge on any atom is 0.274 e. The van der Waals surface area contributed by atoms with Gasteiger partial charge < -0.3 is 20.1 Å². The van der Waals surface area contributed by atoms with Crippen molar-refractivity contribution in [3.8, 4) is 0 Å². The summed E-state index contributed by atoms with van der Waals surface area (Å²) in [4.78, 5) is 21.6.